The van der Waals surface area contributed by atoms with Gasteiger partial charge in [-0.25, -0.2) is 24.7 Å². The first-order valence-corrected chi connectivity index (χ1v) is 14.1. The standard InChI is InChI=1S/C29H30N10O4/c1-15-6-7-30-24(33-15)19-9-20(19)27(41)36-28-32-11-22(43-3)25(35-28)31-10-18-13-38-12-17(16-4-5-16)8-21(26(38)34-18)39-14-23(40)37(2)29(39)42/h6-8,11-13,16,19-20H,4-5,9-10,14H2,1-3H3,(H2,31,32,35,36,41)/t19-,20-/m0/s1. The summed E-state index contributed by atoms with van der Waals surface area (Å²) in [5.41, 5.74) is 3.85. The largest absolute Gasteiger partial charge is 0.491 e. The highest BCUT2D eigenvalue weighted by Gasteiger charge is 2.46. The predicted octanol–water partition coefficient (Wildman–Crippen LogP) is 2.86. The summed E-state index contributed by atoms with van der Waals surface area (Å²) in [7, 11) is 3.00. The van der Waals surface area contributed by atoms with Gasteiger partial charge in [-0.15, -0.1) is 0 Å². The number of aryl methyl sites for hydroxylation is 1. The van der Waals surface area contributed by atoms with Crippen LogP contribution in [0.2, 0.25) is 0 Å². The number of hydrogen-bond donors (Lipinski definition) is 2. The number of amides is 4. The van der Waals surface area contributed by atoms with Crippen LogP contribution in [0.25, 0.3) is 5.65 Å². The Morgan fingerprint density at radius 1 is 1.14 bits per heavy atom. The molecule has 4 aromatic heterocycles. The number of methoxy groups -OCH3 is 1. The summed E-state index contributed by atoms with van der Waals surface area (Å²) >= 11 is 0. The average molecular weight is 583 g/mol. The number of carbonyl (C=O) groups is 3. The summed E-state index contributed by atoms with van der Waals surface area (Å²) < 4.78 is 7.35. The number of carbonyl (C=O) groups excluding carboxylic acids is 3. The lowest BCUT2D eigenvalue weighted by atomic mass is 10.1. The van der Waals surface area contributed by atoms with Crippen molar-refractivity contribution in [3.63, 3.8) is 0 Å². The minimum absolute atomic E-state index is 0.0220. The van der Waals surface area contributed by atoms with Gasteiger partial charge in [0.15, 0.2) is 17.2 Å². The van der Waals surface area contributed by atoms with Crippen LogP contribution in [0.4, 0.5) is 22.2 Å². The number of nitrogens with one attached hydrogen (secondary N) is 2. The Morgan fingerprint density at radius 2 is 1.98 bits per heavy atom. The molecule has 14 nitrogen and oxygen atoms in total. The lowest BCUT2D eigenvalue weighted by molar-refractivity contribution is -0.124. The van der Waals surface area contributed by atoms with Gasteiger partial charge in [-0.2, -0.15) is 4.98 Å². The molecule has 14 heteroatoms. The maximum Gasteiger partial charge on any atom is 0.331 e. The fourth-order valence-corrected chi connectivity index (χ4v) is 5.36. The van der Waals surface area contributed by atoms with Gasteiger partial charge in [0.2, 0.25) is 17.8 Å². The van der Waals surface area contributed by atoms with Crippen LogP contribution in [0.3, 0.4) is 0 Å². The van der Waals surface area contributed by atoms with Gasteiger partial charge in [0.05, 0.1) is 31.2 Å². The Labute approximate surface area is 246 Å². The molecule has 4 aromatic rings. The quantitative estimate of drug-likeness (QED) is 0.281. The van der Waals surface area contributed by atoms with Crippen molar-refractivity contribution in [3.05, 3.63) is 59.7 Å². The number of hydrogen-bond acceptors (Lipinski definition) is 10. The van der Waals surface area contributed by atoms with Crippen molar-refractivity contribution in [1.29, 1.82) is 0 Å². The van der Waals surface area contributed by atoms with Crippen molar-refractivity contribution in [1.82, 2.24) is 34.2 Å². The number of pyridine rings is 1. The van der Waals surface area contributed by atoms with Gasteiger partial charge in [0.25, 0.3) is 0 Å². The molecule has 0 radical (unpaired) electrons. The fourth-order valence-electron chi connectivity index (χ4n) is 5.36. The van der Waals surface area contributed by atoms with E-state index >= 15 is 0 Å². The summed E-state index contributed by atoms with van der Waals surface area (Å²) in [5.74, 6) is 1.34. The molecule has 0 spiro atoms. The smallest absolute Gasteiger partial charge is 0.331 e. The van der Waals surface area contributed by atoms with Gasteiger partial charge in [0.1, 0.15) is 12.4 Å². The van der Waals surface area contributed by atoms with Crippen LogP contribution in [-0.4, -0.2) is 72.8 Å². The second-order valence-electron chi connectivity index (χ2n) is 11.2. The van der Waals surface area contributed by atoms with Crippen LogP contribution in [0.1, 0.15) is 53.9 Å². The second-order valence-corrected chi connectivity index (χ2v) is 11.2. The Balaban J connectivity index is 1.09. The highest BCUT2D eigenvalue weighted by molar-refractivity contribution is 6.13. The Bertz CT molecular complexity index is 1780. The maximum absolute atomic E-state index is 12.9. The predicted molar refractivity (Wildman–Crippen MR) is 155 cm³/mol. The number of nitrogens with zero attached hydrogens (tertiary/aromatic N) is 8. The molecule has 1 aliphatic heterocycles. The lowest BCUT2D eigenvalue weighted by Gasteiger charge is -2.17. The zero-order valence-corrected chi connectivity index (χ0v) is 23.9. The number of likely N-dealkylation sites (N-methyl/N-ethyl adjacent to an activating group) is 1. The number of rotatable bonds is 9. The third kappa shape index (κ3) is 5.08. The number of imidazole rings is 1. The summed E-state index contributed by atoms with van der Waals surface area (Å²) in [5, 5.41) is 6.04. The highest BCUT2D eigenvalue weighted by Crippen LogP contribution is 2.46. The van der Waals surface area contributed by atoms with E-state index in [-0.39, 0.29) is 48.7 Å². The normalized spacial score (nSPS) is 19.7. The molecule has 2 saturated carbocycles. The van der Waals surface area contributed by atoms with Crippen LogP contribution in [-0.2, 0) is 16.1 Å². The molecule has 0 bridgehead atoms. The minimum atomic E-state index is -0.369. The molecule has 2 N–H and O–H groups in total. The first-order valence-electron chi connectivity index (χ1n) is 14.1. The average Bonchev–Trinajstić information content (AvgIpc) is 3.93. The first-order chi connectivity index (χ1) is 20.8. The molecule has 7 rings (SSSR count). The number of fused-ring (bicyclic) bond motifs is 1. The van der Waals surface area contributed by atoms with E-state index in [0.717, 1.165) is 29.0 Å². The third-order valence-corrected chi connectivity index (χ3v) is 8.05. The summed E-state index contributed by atoms with van der Waals surface area (Å²) in [6.45, 7) is 2.16. The van der Waals surface area contributed by atoms with Gasteiger partial charge < -0.3 is 14.5 Å². The molecule has 3 aliphatic rings. The molecular formula is C29H30N10O4. The van der Waals surface area contributed by atoms with E-state index in [1.807, 2.05) is 35.9 Å². The molecule has 1 saturated heterocycles. The maximum atomic E-state index is 12.9. The molecule has 2 aliphatic carbocycles. The molecule has 5 heterocycles. The van der Waals surface area contributed by atoms with E-state index in [4.69, 9.17) is 9.72 Å². The third-order valence-electron chi connectivity index (χ3n) is 8.05. The number of imide groups is 1. The van der Waals surface area contributed by atoms with E-state index in [2.05, 4.69) is 30.6 Å². The van der Waals surface area contributed by atoms with Crippen LogP contribution in [0.15, 0.2) is 36.9 Å². The van der Waals surface area contributed by atoms with Crippen molar-refractivity contribution in [2.24, 2.45) is 5.92 Å². The topological polar surface area (TPSA) is 160 Å². The molecule has 0 unspecified atom stereocenters. The second kappa shape index (κ2) is 10.3. The SMILES string of the molecule is COc1cnc(NC(=O)[C@H]2C[C@@H]2c2nccc(C)n2)nc1NCc1cn2cc(C3CC3)cc(N3CC(=O)N(C)C3=O)c2n1. The van der Waals surface area contributed by atoms with E-state index in [1.54, 1.807) is 6.20 Å². The summed E-state index contributed by atoms with van der Waals surface area (Å²) in [6, 6.07) is 3.43. The molecule has 43 heavy (non-hydrogen) atoms. The number of urea groups is 1. The molecule has 4 amide bonds. The first kappa shape index (κ1) is 26.7. The van der Waals surface area contributed by atoms with Crippen molar-refractivity contribution in [2.75, 3.05) is 36.2 Å². The summed E-state index contributed by atoms with van der Waals surface area (Å²) in [4.78, 5) is 62.9. The van der Waals surface area contributed by atoms with E-state index in [0.29, 0.717) is 46.8 Å². The van der Waals surface area contributed by atoms with Crippen LogP contribution >= 0.6 is 0 Å². The van der Waals surface area contributed by atoms with Crippen molar-refractivity contribution in [2.45, 2.75) is 44.6 Å². The number of anilines is 3. The van der Waals surface area contributed by atoms with Gasteiger partial charge >= 0.3 is 6.03 Å². The van der Waals surface area contributed by atoms with E-state index in [1.165, 1.54) is 25.3 Å². The summed E-state index contributed by atoms with van der Waals surface area (Å²) in [6.07, 6.45) is 9.97. The fraction of sp³-hybridized carbons (Fsp3) is 0.379. The van der Waals surface area contributed by atoms with Crippen LogP contribution in [0, 0.1) is 12.8 Å². The van der Waals surface area contributed by atoms with Crippen LogP contribution in [0.5, 0.6) is 5.75 Å². The Kier molecular flexibility index (Phi) is 6.40. The Morgan fingerprint density at radius 3 is 2.70 bits per heavy atom. The van der Waals surface area contributed by atoms with Crippen molar-refractivity contribution < 1.29 is 19.1 Å². The van der Waals surface area contributed by atoms with Gasteiger partial charge in [0, 0.05) is 43.2 Å². The molecule has 3 fully saturated rings. The highest BCUT2D eigenvalue weighted by atomic mass is 16.5. The van der Waals surface area contributed by atoms with E-state index < -0.39 is 0 Å². The monoisotopic (exact) mass is 582 g/mol. The van der Waals surface area contributed by atoms with Gasteiger partial charge in [-0.05, 0) is 49.8 Å². The van der Waals surface area contributed by atoms with Crippen LogP contribution < -0.4 is 20.3 Å². The number of aromatic nitrogens is 6. The van der Waals surface area contributed by atoms with E-state index in [9.17, 15) is 14.4 Å². The molecule has 220 valence electrons. The van der Waals surface area contributed by atoms with Crippen molar-refractivity contribution in [3.8, 4) is 5.75 Å². The zero-order chi connectivity index (χ0) is 29.8. The Hall–Kier alpha value is -5.14. The minimum Gasteiger partial charge on any atom is -0.491 e. The number of ether oxygens (including phenoxy) is 1. The van der Waals surface area contributed by atoms with Gasteiger partial charge in [-0.3, -0.25) is 24.7 Å². The van der Waals surface area contributed by atoms with Gasteiger partial charge in [-0.1, -0.05) is 0 Å². The van der Waals surface area contributed by atoms with Crippen molar-refractivity contribution >= 4 is 40.9 Å². The molecule has 0 aromatic carbocycles. The lowest BCUT2D eigenvalue weighted by Crippen LogP contribution is -2.30. The molecular weight excluding hydrogens is 552 g/mol. The zero-order valence-electron chi connectivity index (χ0n) is 23.9. The molecule has 2 atom stereocenters.